The molecule has 4 heteroatoms. The van der Waals surface area contributed by atoms with E-state index in [1.165, 1.54) is 11.3 Å². The summed E-state index contributed by atoms with van der Waals surface area (Å²) in [6, 6.07) is 9.96. The zero-order chi connectivity index (χ0) is 13.1. The van der Waals surface area contributed by atoms with Crippen LogP contribution in [-0.4, -0.2) is 7.11 Å². The van der Waals surface area contributed by atoms with Crippen molar-refractivity contribution in [3.63, 3.8) is 0 Å². The molecular weight excluding hydrogens is 244 g/mol. The van der Waals surface area contributed by atoms with E-state index in [-0.39, 0.29) is 0 Å². The number of benzene rings is 1. The predicted molar refractivity (Wildman–Crippen MR) is 74.8 cm³/mol. The number of thiophene rings is 1. The molecule has 0 aliphatic rings. The number of anilines is 1. The van der Waals surface area contributed by atoms with Crippen molar-refractivity contribution in [1.82, 2.24) is 0 Å². The van der Waals surface area contributed by atoms with Crippen molar-refractivity contribution >= 4 is 17.0 Å². The summed E-state index contributed by atoms with van der Waals surface area (Å²) in [5.74, 6) is 0.806. The number of nitrogen functional groups attached to an aromatic ring is 1. The number of methoxy groups -OCH3 is 1. The molecule has 1 aromatic heterocycles. The third-order valence-electron chi connectivity index (χ3n) is 2.83. The molecule has 0 saturated carbocycles. The minimum absolute atomic E-state index is 0.588. The highest BCUT2D eigenvalue weighted by atomic mass is 32.1. The van der Waals surface area contributed by atoms with Gasteiger partial charge in [-0.3, -0.25) is 0 Å². The lowest BCUT2D eigenvalue weighted by Crippen LogP contribution is -1.91. The molecule has 0 aliphatic carbocycles. The zero-order valence-corrected chi connectivity index (χ0v) is 11.2. The summed E-state index contributed by atoms with van der Waals surface area (Å²) in [6.07, 6.45) is 0.816. The fourth-order valence-electron chi connectivity index (χ4n) is 1.91. The molecule has 92 valence electrons. The molecule has 0 spiro atoms. The molecule has 2 aromatic rings. The molecule has 3 nitrogen and oxygen atoms in total. The smallest absolute Gasteiger partial charge is 0.128 e. The van der Waals surface area contributed by atoms with Crippen molar-refractivity contribution < 1.29 is 4.74 Å². The normalized spacial score (nSPS) is 10.1. The van der Waals surface area contributed by atoms with Crippen LogP contribution in [0.3, 0.4) is 0 Å². The van der Waals surface area contributed by atoms with Crippen molar-refractivity contribution in [3.05, 3.63) is 34.7 Å². The molecule has 0 fully saturated rings. The molecule has 0 bridgehead atoms. The highest BCUT2D eigenvalue weighted by molar-refractivity contribution is 7.16. The molecular formula is C14H14N2OS. The van der Waals surface area contributed by atoms with Crippen LogP contribution in [0.4, 0.5) is 5.69 Å². The van der Waals surface area contributed by atoms with Gasteiger partial charge in [-0.15, -0.1) is 11.3 Å². The SMILES string of the molecule is CCc1c(-c2cccc(OC)c2)sc(C#N)c1N. The first-order valence-corrected chi connectivity index (χ1v) is 6.48. The van der Waals surface area contributed by atoms with Crippen molar-refractivity contribution in [2.24, 2.45) is 0 Å². The monoisotopic (exact) mass is 258 g/mol. The second kappa shape index (κ2) is 5.11. The van der Waals surface area contributed by atoms with E-state index < -0.39 is 0 Å². The van der Waals surface area contributed by atoms with Crippen molar-refractivity contribution in [3.8, 4) is 22.3 Å². The molecule has 1 aromatic carbocycles. The van der Waals surface area contributed by atoms with Crippen LogP contribution in [0, 0.1) is 11.3 Å². The Kier molecular flexibility index (Phi) is 3.54. The number of nitrogens with zero attached hydrogens (tertiary/aromatic N) is 1. The van der Waals surface area contributed by atoms with E-state index in [0.29, 0.717) is 10.6 Å². The largest absolute Gasteiger partial charge is 0.497 e. The van der Waals surface area contributed by atoms with Crippen LogP contribution in [0.1, 0.15) is 17.4 Å². The summed E-state index contributed by atoms with van der Waals surface area (Å²) in [6.45, 7) is 2.04. The Balaban J connectivity index is 2.60. The van der Waals surface area contributed by atoms with Gasteiger partial charge in [0.15, 0.2) is 0 Å². The number of nitrogens with two attached hydrogens (primary N) is 1. The predicted octanol–water partition coefficient (Wildman–Crippen LogP) is 3.44. The lowest BCUT2D eigenvalue weighted by molar-refractivity contribution is 0.415. The number of hydrogen-bond acceptors (Lipinski definition) is 4. The fourth-order valence-corrected chi connectivity index (χ4v) is 3.01. The molecule has 0 saturated heterocycles. The van der Waals surface area contributed by atoms with E-state index in [2.05, 4.69) is 6.07 Å². The van der Waals surface area contributed by atoms with Gasteiger partial charge in [-0.25, -0.2) is 0 Å². The third-order valence-corrected chi connectivity index (χ3v) is 4.04. The van der Waals surface area contributed by atoms with E-state index >= 15 is 0 Å². The summed E-state index contributed by atoms with van der Waals surface area (Å²) < 4.78 is 5.22. The van der Waals surface area contributed by atoms with Gasteiger partial charge in [0, 0.05) is 4.88 Å². The number of ether oxygens (including phenoxy) is 1. The van der Waals surface area contributed by atoms with Crippen LogP contribution in [0.5, 0.6) is 5.75 Å². The van der Waals surface area contributed by atoms with Gasteiger partial charge in [0.05, 0.1) is 12.8 Å². The van der Waals surface area contributed by atoms with Crippen LogP contribution < -0.4 is 10.5 Å². The molecule has 0 radical (unpaired) electrons. The van der Waals surface area contributed by atoms with Crippen LogP contribution in [0.2, 0.25) is 0 Å². The average molecular weight is 258 g/mol. The fraction of sp³-hybridized carbons (Fsp3) is 0.214. The van der Waals surface area contributed by atoms with E-state index in [1.54, 1.807) is 7.11 Å². The minimum atomic E-state index is 0.588. The maximum Gasteiger partial charge on any atom is 0.128 e. The summed E-state index contributed by atoms with van der Waals surface area (Å²) in [5.41, 5.74) is 8.70. The Labute approximate surface area is 110 Å². The van der Waals surface area contributed by atoms with Gasteiger partial charge in [0.2, 0.25) is 0 Å². The molecule has 0 atom stereocenters. The quantitative estimate of drug-likeness (QED) is 0.917. The zero-order valence-electron chi connectivity index (χ0n) is 10.4. The standard InChI is InChI=1S/C14H14N2OS/c1-3-11-13(16)12(8-15)18-14(11)9-5-4-6-10(7-9)17-2/h4-7H,3,16H2,1-2H3. The molecule has 2 N–H and O–H groups in total. The third kappa shape index (κ3) is 2.05. The lowest BCUT2D eigenvalue weighted by atomic mass is 10.1. The first-order chi connectivity index (χ1) is 8.71. The summed E-state index contributed by atoms with van der Waals surface area (Å²) in [4.78, 5) is 1.65. The minimum Gasteiger partial charge on any atom is -0.497 e. The van der Waals surface area contributed by atoms with Gasteiger partial charge in [-0.2, -0.15) is 5.26 Å². The number of rotatable bonds is 3. The Morgan fingerprint density at radius 3 is 2.83 bits per heavy atom. The first kappa shape index (κ1) is 12.5. The Morgan fingerprint density at radius 1 is 1.44 bits per heavy atom. The second-order valence-corrected chi connectivity index (χ2v) is 4.87. The van der Waals surface area contributed by atoms with E-state index in [0.717, 1.165) is 28.2 Å². The van der Waals surface area contributed by atoms with Gasteiger partial charge in [-0.05, 0) is 29.7 Å². The second-order valence-electron chi connectivity index (χ2n) is 3.85. The highest BCUT2D eigenvalue weighted by Crippen LogP contribution is 2.39. The molecule has 2 rings (SSSR count). The van der Waals surface area contributed by atoms with Crippen LogP contribution in [0.25, 0.3) is 10.4 Å². The Bertz CT molecular complexity index is 611. The van der Waals surface area contributed by atoms with Crippen molar-refractivity contribution in [1.29, 1.82) is 5.26 Å². The van der Waals surface area contributed by atoms with Crippen molar-refractivity contribution in [2.75, 3.05) is 12.8 Å². The van der Waals surface area contributed by atoms with Crippen molar-refractivity contribution in [2.45, 2.75) is 13.3 Å². The van der Waals surface area contributed by atoms with Gasteiger partial charge in [0.1, 0.15) is 16.7 Å². The molecule has 1 heterocycles. The van der Waals surface area contributed by atoms with Crippen LogP contribution in [-0.2, 0) is 6.42 Å². The number of nitriles is 1. The number of hydrogen-bond donors (Lipinski definition) is 1. The van der Waals surface area contributed by atoms with Gasteiger partial charge in [-0.1, -0.05) is 19.1 Å². The van der Waals surface area contributed by atoms with E-state index in [4.69, 9.17) is 15.7 Å². The lowest BCUT2D eigenvalue weighted by Gasteiger charge is -2.05. The van der Waals surface area contributed by atoms with Gasteiger partial charge in [0.25, 0.3) is 0 Å². The summed E-state index contributed by atoms with van der Waals surface area (Å²) in [5, 5.41) is 9.06. The maximum absolute atomic E-state index is 9.06. The maximum atomic E-state index is 9.06. The van der Waals surface area contributed by atoms with E-state index in [9.17, 15) is 0 Å². The summed E-state index contributed by atoms with van der Waals surface area (Å²) >= 11 is 1.44. The topological polar surface area (TPSA) is 59.0 Å². The Morgan fingerprint density at radius 2 is 2.22 bits per heavy atom. The van der Waals surface area contributed by atoms with Gasteiger partial charge >= 0.3 is 0 Å². The molecule has 18 heavy (non-hydrogen) atoms. The average Bonchev–Trinajstić information content (AvgIpc) is 2.75. The first-order valence-electron chi connectivity index (χ1n) is 5.66. The highest BCUT2D eigenvalue weighted by Gasteiger charge is 2.15. The molecule has 0 aliphatic heterocycles. The molecule has 0 unspecified atom stereocenters. The van der Waals surface area contributed by atoms with E-state index in [1.807, 2.05) is 31.2 Å². The van der Waals surface area contributed by atoms with Crippen LogP contribution in [0.15, 0.2) is 24.3 Å². The molecule has 0 amide bonds. The van der Waals surface area contributed by atoms with Gasteiger partial charge < -0.3 is 10.5 Å². The summed E-state index contributed by atoms with van der Waals surface area (Å²) in [7, 11) is 1.64. The van der Waals surface area contributed by atoms with Crippen LogP contribution >= 0.6 is 11.3 Å². The Hall–Kier alpha value is -1.99.